The van der Waals surface area contributed by atoms with Gasteiger partial charge in [0, 0.05) is 19.7 Å². The lowest BCUT2D eigenvalue weighted by atomic mass is 10.3. The third-order valence-corrected chi connectivity index (χ3v) is 2.55. The Morgan fingerprint density at radius 3 is 2.89 bits per heavy atom. The second-order valence-electron chi connectivity index (χ2n) is 3.73. The standard InChI is InChI=1S/C11H11ClN4O2/c1-16-11(8-3-2-7(12)6-13-8)14-9(15-16)4-5-10(17)18/h2-3,6H,4-5H2,1H3,(H,17,18). The highest BCUT2D eigenvalue weighted by Gasteiger charge is 2.11. The summed E-state index contributed by atoms with van der Waals surface area (Å²) in [5.41, 5.74) is 0.649. The van der Waals surface area contributed by atoms with E-state index in [0.29, 0.717) is 28.8 Å². The number of carbonyl (C=O) groups is 1. The third-order valence-electron chi connectivity index (χ3n) is 2.33. The van der Waals surface area contributed by atoms with Gasteiger partial charge in [-0.25, -0.2) is 9.67 Å². The van der Waals surface area contributed by atoms with Gasteiger partial charge in [-0.05, 0) is 12.1 Å². The number of pyridine rings is 1. The molecule has 0 amide bonds. The zero-order valence-corrected chi connectivity index (χ0v) is 10.4. The van der Waals surface area contributed by atoms with Gasteiger partial charge < -0.3 is 5.11 Å². The number of hydrogen-bond donors (Lipinski definition) is 1. The van der Waals surface area contributed by atoms with Crippen LogP contribution < -0.4 is 0 Å². The maximum atomic E-state index is 10.5. The van der Waals surface area contributed by atoms with Crippen LogP contribution in [0.3, 0.4) is 0 Å². The molecule has 94 valence electrons. The second kappa shape index (κ2) is 5.14. The number of rotatable bonds is 4. The number of hydrogen-bond acceptors (Lipinski definition) is 4. The molecule has 0 unspecified atom stereocenters. The van der Waals surface area contributed by atoms with E-state index in [-0.39, 0.29) is 6.42 Å². The van der Waals surface area contributed by atoms with Gasteiger partial charge in [-0.3, -0.25) is 9.78 Å². The van der Waals surface area contributed by atoms with E-state index in [0.717, 1.165) is 0 Å². The Labute approximate surface area is 108 Å². The lowest BCUT2D eigenvalue weighted by Gasteiger charge is -1.98. The summed E-state index contributed by atoms with van der Waals surface area (Å²) in [5, 5.41) is 13.3. The van der Waals surface area contributed by atoms with Crippen LogP contribution >= 0.6 is 11.6 Å². The van der Waals surface area contributed by atoms with E-state index in [1.165, 1.54) is 6.20 Å². The first-order chi connectivity index (χ1) is 8.56. The average molecular weight is 267 g/mol. The largest absolute Gasteiger partial charge is 0.481 e. The van der Waals surface area contributed by atoms with E-state index >= 15 is 0 Å². The molecule has 0 atom stereocenters. The van der Waals surface area contributed by atoms with Crippen LogP contribution in [0.4, 0.5) is 0 Å². The number of nitrogens with zero attached hydrogens (tertiary/aromatic N) is 4. The van der Waals surface area contributed by atoms with E-state index < -0.39 is 5.97 Å². The normalized spacial score (nSPS) is 10.6. The molecule has 0 spiro atoms. The predicted molar refractivity (Wildman–Crippen MR) is 65.2 cm³/mol. The van der Waals surface area contributed by atoms with Crippen molar-refractivity contribution in [2.24, 2.45) is 7.05 Å². The number of carboxylic acids is 1. The average Bonchev–Trinajstić information content (AvgIpc) is 2.69. The summed E-state index contributed by atoms with van der Waals surface area (Å²) in [6.45, 7) is 0. The Hall–Kier alpha value is -1.95. The zero-order valence-electron chi connectivity index (χ0n) is 9.67. The number of carboxylic acid groups (broad SMARTS) is 1. The van der Waals surface area contributed by atoms with Crippen LogP contribution in [0.25, 0.3) is 11.5 Å². The quantitative estimate of drug-likeness (QED) is 0.908. The highest BCUT2D eigenvalue weighted by atomic mass is 35.5. The summed E-state index contributed by atoms with van der Waals surface area (Å²) in [6, 6.07) is 3.46. The maximum Gasteiger partial charge on any atom is 0.303 e. The van der Waals surface area contributed by atoms with Gasteiger partial charge in [0.15, 0.2) is 11.6 Å². The van der Waals surface area contributed by atoms with Crippen LogP contribution in [0.5, 0.6) is 0 Å². The Bertz CT molecular complexity index is 565. The number of aliphatic carboxylic acids is 1. The summed E-state index contributed by atoms with van der Waals surface area (Å²) in [6.07, 6.45) is 1.84. The SMILES string of the molecule is Cn1nc(CCC(=O)O)nc1-c1ccc(Cl)cn1. The molecule has 1 N–H and O–H groups in total. The summed E-state index contributed by atoms with van der Waals surface area (Å²) in [4.78, 5) is 18.9. The van der Waals surface area contributed by atoms with E-state index in [1.807, 2.05) is 0 Å². The van der Waals surface area contributed by atoms with Crippen LogP contribution in [0.2, 0.25) is 5.02 Å². The van der Waals surface area contributed by atoms with Gasteiger partial charge in [0.05, 0.1) is 11.4 Å². The molecular weight excluding hydrogens is 256 g/mol. The minimum Gasteiger partial charge on any atom is -0.481 e. The summed E-state index contributed by atoms with van der Waals surface area (Å²) in [5.74, 6) is 0.215. The van der Waals surface area contributed by atoms with Crippen molar-refractivity contribution in [1.82, 2.24) is 19.7 Å². The monoisotopic (exact) mass is 266 g/mol. The summed E-state index contributed by atoms with van der Waals surface area (Å²) in [7, 11) is 1.74. The highest BCUT2D eigenvalue weighted by Crippen LogP contribution is 2.16. The second-order valence-corrected chi connectivity index (χ2v) is 4.17. The minimum absolute atomic E-state index is 0.0114. The fourth-order valence-electron chi connectivity index (χ4n) is 1.49. The highest BCUT2D eigenvalue weighted by molar-refractivity contribution is 6.30. The van der Waals surface area contributed by atoms with Crippen molar-refractivity contribution in [1.29, 1.82) is 0 Å². The summed E-state index contributed by atoms with van der Waals surface area (Å²) < 4.78 is 1.58. The van der Waals surface area contributed by atoms with Crippen LogP contribution in [0.1, 0.15) is 12.2 Å². The molecule has 0 fully saturated rings. The molecule has 0 saturated heterocycles. The first-order valence-electron chi connectivity index (χ1n) is 5.30. The molecule has 0 aliphatic carbocycles. The van der Waals surface area contributed by atoms with Gasteiger partial charge in [0.25, 0.3) is 0 Å². The maximum absolute atomic E-state index is 10.5. The smallest absolute Gasteiger partial charge is 0.303 e. The topological polar surface area (TPSA) is 80.9 Å². The van der Waals surface area contributed by atoms with Crippen molar-refractivity contribution in [2.45, 2.75) is 12.8 Å². The lowest BCUT2D eigenvalue weighted by Crippen LogP contribution is -1.99. The summed E-state index contributed by atoms with van der Waals surface area (Å²) >= 11 is 5.76. The first-order valence-corrected chi connectivity index (χ1v) is 5.67. The van der Waals surface area contributed by atoms with Crippen molar-refractivity contribution < 1.29 is 9.90 Å². The molecular formula is C11H11ClN4O2. The molecule has 6 nitrogen and oxygen atoms in total. The van der Waals surface area contributed by atoms with Crippen molar-refractivity contribution in [2.75, 3.05) is 0 Å². The molecule has 2 aromatic heterocycles. The van der Waals surface area contributed by atoms with Crippen LogP contribution in [0, 0.1) is 0 Å². The van der Waals surface area contributed by atoms with E-state index in [2.05, 4.69) is 15.1 Å². The Morgan fingerprint density at radius 1 is 1.50 bits per heavy atom. The molecule has 0 saturated carbocycles. The molecule has 18 heavy (non-hydrogen) atoms. The van der Waals surface area contributed by atoms with Gasteiger partial charge in [-0.2, -0.15) is 5.10 Å². The van der Waals surface area contributed by atoms with Gasteiger partial charge in [-0.15, -0.1) is 0 Å². The van der Waals surface area contributed by atoms with Crippen LogP contribution in [-0.2, 0) is 18.3 Å². The van der Waals surface area contributed by atoms with E-state index in [1.54, 1.807) is 23.9 Å². The minimum atomic E-state index is -0.867. The number of aromatic nitrogens is 4. The lowest BCUT2D eigenvalue weighted by molar-refractivity contribution is -0.137. The Kier molecular flexibility index (Phi) is 3.57. The zero-order chi connectivity index (χ0) is 13.1. The van der Waals surface area contributed by atoms with Crippen molar-refractivity contribution >= 4 is 17.6 Å². The Balaban J connectivity index is 2.23. The first kappa shape index (κ1) is 12.5. The van der Waals surface area contributed by atoms with Gasteiger partial charge in [-0.1, -0.05) is 11.6 Å². The number of aryl methyl sites for hydroxylation is 2. The number of halogens is 1. The third kappa shape index (κ3) is 2.84. The van der Waals surface area contributed by atoms with Crippen LogP contribution in [0.15, 0.2) is 18.3 Å². The molecule has 0 aliphatic heterocycles. The van der Waals surface area contributed by atoms with Crippen molar-refractivity contribution in [3.8, 4) is 11.5 Å². The molecule has 0 radical (unpaired) electrons. The molecule has 2 heterocycles. The predicted octanol–water partition coefficient (Wildman–Crippen LogP) is 1.55. The molecule has 2 rings (SSSR count). The Morgan fingerprint density at radius 2 is 2.28 bits per heavy atom. The molecule has 7 heteroatoms. The molecule has 0 aromatic carbocycles. The molecule has 0 aliphatic rings. The van der Waals surface area contributed by atoms with Gasteiger partial charge >= 0.3 is 5.97 Å². The van der Waals surface area contributed by atoms with Gasteiger partial charge in [0.1, 0.15) is 5.69 Å². The van der Waals surface area contributed by atoms with Crippen LogP contribution in [-0.4, -0.2) is 30.8 Å². The van der Waals surface area contributed by atoms with Crippen molar-refractivity contribution in [3.05, 3.63) is 29.2 Å². The van der Waals surface area contributed by atoms with E-state index in [9.17, 15) is 4.79 Å². The fraction of sp³-hybridized carbons (Fsp3) is 0.273. The molecule has 2 aromatic rings. The fourth-order valence-corrected chi connectivity index (χ4v) is 1.61. The molecule has 0 bridgehead atoms. The van der Waals surface area contributed by atoms with Crippen molar-refractivity contribution in [3.63, 3.8) is 0 Å². The van der Waals surface area contributed by atoms with Gasteiger partial charge in [0.2, 0.25) is 0 Å². The van der Waals surface area contributed by atoms with E-state index in [4.69, 9.17) is 16.7 Å².